The molecule has 1 saturated heterocycles. The molecule has 1 fully saturated rings. The molecule has 130 valence electrons. The van der Waals surface area contributed by atoms with Crippen LogP contribution in [0.3, 0.4) is 0 Å². The fraction of sp³-hybridized carbons (Fsp3) is 0.467. The summed E-state index contributed by atoms with van der Waals surface area (Å²) in [5, 5.41) is 6.10. The summed E-state index contributed by atoms with van der Waals surface area (Å²) in [4.78, 5) is 27.6. The number of hydrogen-bond donors (Lipinski definition) is 2. The molecule has 0 unspecified atom stereocenters. The van der Waals surface area contributed by atoms with Crippen LogP contribution in [0, 0.1) is 0 Å². The Labute approximate surface area is 149 Å². The molecular weight excluding hydrogens is 339 g/mol. The number of amides is 2. The summed E-state index contributed by atoms with van der Waals surface area (Å²) in [6.45, 7) is 3.98. The molecule has 0 spiro atoms. The molecule has 1 aromatic rings. The first-order valence-electron chi connectivity index (χ1n) is 7.11. The SMILES string of the molecule is CN(C)C(=O)c1cccc(NC(=O)CN2CCNCC2)c1.Cl.Cl. The van der Waals surface area contributed by atoms with Gasteiger partial charge >= 0.3 is 0 Å². The van der Waals surface area contributed by atoms with E-state index in [1.54, 1.807) is 38.4 Å². The highest BCUT2D eigenvalue weighted by Crippen LogP contribution is 2.12. The minimum absolute atomic E-state index is 0. The van der Waals surface area contributed by atoms with Gasteiger partial charge in [-0.1, -0.05) is 6.07 Å². The fourth-order valence-corrected chi connectivity index (χ4v) is 2.26. The third-order valence-corrected chi connectivity index (χ3v) is 3.38. The quantitative estimate of drug-likeness (QED) is 0.840. The Morgan fingerprint density at radius 3 is 2.48 bits per heavy atom. The van der Waals surface area contributed by atoms with Gasteiger partial charge in [0.15, 0.2) is 0 Å². The number of carbonyl (C=O) groups is 2. The van der Waals surface area contributed by atoms with Crippen molar-refractivity contribution in [3.05, 3.63) is 29.8 Å². The average molecular weight is 363 g/mol. The maximum Gasteiger partial charge on any atom is 0.253 e. The van der Waals surface area contributed by atoms with Crippen LogP contribution in [0.2, 0.25) is 0 Å². The number of rotatable bonds is 4. The smallest absolute Gasteiger partial charge is 0.253 e. The predicted molar refractivity (Wildman–Crippen MR) is 96.9 cm³/mol. The van der Waals surface area contributed by atoms with Crippen LogP contribution in [-0.4, -0.2) is 68.4 Å². The lowest BCUT2D eigenvalue weighted by atomic mass is 10.2. The molecule has 2 N–H and O–H groups in total. The van der Waals surface area contributed by atoms with E-state index in [0.717, 1.165) is 26.2 Å². The zero-order valence-corrected chi connectivity index (χ0v) is 15.0. The van der Waals surface area contributed by atoms with Gasteiger partial charge < -0.3 is 15.5 Å². The van der Waals surface area contributed by atoms with Crippen LogP contribution in [0.1, 0.15) is 10.4 Å². The molecule has 0 radical (unpaired) electrons. The first kappa shape index (κ1) is 21.7. The second-order valence-electron chi connectivity index (χ2n) is 5.35. The number of carbonyl (C=O) groups excluding carboxylic acids is 2. The van der Waals surface area contributed by atoms with Crippen molar-refractivity contribution < 1.29 is 9.59 Å². The summed E-state index contributed by atoms with van der Waals surface area (Å²) in [7, 11) is 3.41. The summed E-state index contributed by atoms with van der Waals surface area (Å²) in [6.07, 6.45) is 0. The van der Waals surface area contributed by atoms with Gasteiger partial charge in [-0.15, -0.1) is 24.8 Å². The fourth-order valence-electron chi connectivity index (χ4n) is 2.26. The standard InChI is InChI=1S/C15H22N4O2.2ClH/c1-18(2)15(21)12-4-3-5-13(10-12)17-14(20)11-19-8-6-16-7-9-19;;/h3-5,10,16H,6-9,11H2,1-2H3,(H,17,20);2*1H. The van der Waals surface area contributed by atoms with Crippen LogP contribution in [0.15, 0.2) is 24.3 Å². The van der Waals surface area contributed by atoms with Crippen molar-refractivity contribution in [2.45, 2.75) is 0 Å². The third kappa shape index (κ3) is 6.74. The maximum atomic E-state index is 12.0. The van der Waals surface area contributed by atoms with Gasteiger partial charge in [0.05, 0.1) is 6.54 Å². The maximum absolute atomic E-state index is 12.0. The monoisotopic (exact) mass is 362 g/mol. The predicted octanol–water partition coefficient (Wildman–Crippen LogP) is 1.08. The van der Waals surface area contributed by atoms with E-state index in [1.165, 1.54) is 4.90 Å². The van der Waals surface area contributed by atoms with Crippen molar-refractivity contribution in [2.75, 3.05) is 52.1 Å². The molecule has 0 saturated carbocycles. The Morgan fingerprint density at radius 2 is 1.87 bits per heavy atom. The highest BCUT2D eigenvalue weighted by molar-refractivity contribution is 5.97. The van der Waals surface area contributed by atoms with Crippen LogP contribution >= 0.6 is 24.8 Å². The van der Waals surface area contributed by atoms with Crippen molar-refractivity contribution in [1.29, 1.82) is 0 Å². The van der Waals surface area contributed by atoms with Crippen molar-refractivity contribution in [3.63, 3.8) is 0 Å². The van der Waals surface area contributed by atoms with Crippen molar-refractivity contribution >= 4 is 42.3 Å². The number of anilines is 1. The van der Waals surface area contributed by atoms with Gasteiger partial charge in [-0.25, -0.2) is 0 Å². The summed E-state index contributed by atoms with van der Waals surface area (Å²) in [5.41, 5.74) is 1.22. The first-order chi connectivity index (χ1) is 10.1. The lowest BCUT2D eigenvalue weighted by Gasteiger charge is -2.26. The van der Waals surface area contributed by atoms with Gasteiger partial charge in [0.25, 0.3) is 5.91 Å². The summed E-state index contributed by atoms with van der Waals surface area (Å²) in [6, 6.07) is 7.02. The van der Waals surface area contributed by atoms with E-state index >= 15 is 0 Å². The molecule has 0 bridgehead atoms. The number of hydrogen-bond acceptors (Lipinski definition) is 4. The van der Waals surface area contributed by atoms with Crippen LogP contribution < -0.4 is 10.6 Å². The lowest BCUT2D eigenvalue weighted by molar-refractivity contribution is -0.117. The summed E-state index contributed by atoms with van der Waals surface area (Å²) in [5.74, 6) is -0.125. The first-order valence-corrected chi connectivity index (χ1v) is 7.11. The van der Waals surface area contributed by atoms with E-state index in [-0.39, 0.29) is 36.6 Å². The number of nitrogens with zero attached hydrogens (tertiary/aromatic N) is 2. The van der Waals surface area contributed by atoms with Crippen LogP contribution in [0.25, 0.3) is 0 Å². The molecule has 0 aromatic heterocycles. The van der Waals surface area contributed by atoms with Crippen LogP contribution in [-0.2, 0) is 4.79 Å². The number of benzene rings is 1. The molecule has 8 heteroatoms. The highest BCUT2D eigenvalue weighted by Gasteiger charge is 2.14. The third-order valence-electron chi connectivity index (χ3n) is 3.38. The zero-order chi connectivity index (χ0) is 15.2. The molecule has 1 aliphatic heterocycles. The van der Waals surface area contributed by atoms with Crippen molar-refractivity contribution in [1.82, 2.24) is 15.1 Å². The van der Waals surface area contributed by atoms with Gasteiger partial charge in [-0.3, -0.25) is 14.5 Å². The summed E-state index contributed by atoms with van der Waals surface area (Å²) < 4.78 is 0. The zero-order valence-electron chi connectivity index (χ0n) is 13.4. The van der Waals surface area contributed by atoms with Crippen molar-refractivity contribution in [2.24, 2.45) is 0 Å². The molecular formula is C15H24Cl2N4O2. The second kappa shape index (κ2) is 10.4. The Kier molecular flexibility index (Phi) is 9.83. The molecule has 23 heavy (non-hydrogen) atoms. The van der Waals surface area contributed by atoms with Gasteiger partial charge in [-0.2, -0.15) is 0 Å². The Morgan fingerprint density at radius 1 is 1.22 bits per heavy atom. The van der Waals surface area contributed by atoms with Gasteiger partial charge in [0.2, 0.25) is 5.91 Å². The molecule has 1 aliphatic rings. The topological polar surface area (TPSA) is 64.7 Å². The van der Waals surface area contributed by atoms with E-state index in [9.17, 15) is 9.59 Å². The molecule has 2 amide bonds. The van der Waals surface area contributed by atoms with E-state index in [4.69, 9.17) is 0 Å². The Bertz CT molecular complexity index is 520. The van der Waals surface area contributed by atoms with E-state index < -0.39 is 0 Å². The largest absolute Gasteiger partial charge is 0.345 e. The van der Waals surface area contributed by atoms with E-state index in [0.29, 0.717) is 17.8 Å². The average Bonchev–Trinajstić information content (AvgIpc) is 2.47. The minimum atomic E-state index is -0.0757. The van der Waals surface area contributed by atoms with Crippen LogP contribution in [0.5, 0.6) is 0 Å². The molecule has 0 aliphatic carbocycles. The van der Waals surface area contributed by atoms with Gasteiger partial charge in [0, 0.05) is 51.5 Å². The number of halogens is 2. The van der Waals surface area contributed by atoms with E-state index in [1.807, 2.05) is 0 Å². The molecule has 1 aromatic carbocycles. The number of nitrogens with one attached hydrogen (secondary N) is 2. The van der Waals surface area contributed by atoms with Crippen molar-refractivity contribution in [3.8, 4) is 0 Å². The molecule has 2 rings (SSSR count). The Hall–Kier alpha value is -1.34. The minimum Gasteiger partial charge on any atom is -0.345 e. The lowest BCUT2D eigenvalue weighted by Crippen LogP contribution is -2.46. The number of piperazine rings is 1. The molecule has 6 nitrogen and oxygen atoms in total. The van der Waals surface area contributed by atoms with Gasteiger partial charge in [0.1, 0.15) is 0 Å². The molecule has 0 atom stereocenters. The normalized spacial score (nSPS) is 14.2. The van der Waals surface area contributed by atoms with Crippen LogP contribution in [0.4, 0.5) is 5.69 Å². The second-order valence-corrected chi connectivity index (χ2v) is 5.35. The molecule has 1 heterocycles. The van der Waals surface area contributed by atoms with Gasteiger partial charge in [-0.05, 0) is 18.2 Å². The van der Waals surface area contributed by atoms with E-state index in [2.05, 4.69) is 15.5 Å². The Balaban J connectivity index is 0.00000242. The highest BCUT2D eigenvalue weighted by atomic mass is 35.5. The summed E-state index contributed by atoms with van der Waals surface area (Å²) >= 11 is 0.